The van der Waals surface area contributed by atoms with E-state index in [2.05, 4.69) is 16.2 Å². The first kappa shape index (κ1) is 18.1. The molecule has 0 saturated heterocycles. The smallest absolute Gasteiger partial charge is 0.194 e. The molecule has 0 radical (unpaired) electrons. The molecule has 0 atom stereocenters. The van der Waals surface area contributed by atoms with E-state index in [4.69, 9.17) is 18.0 Å². The monoisotopic (exact) mass is 391 g/mol. The summed E-state index contributed by atoms with van der Waals surface area (Å²) in [5, 5.41) is 3.95. The van der Waals surface area contributed by atoms with Crippen LogP contribution in [0, 0.1) is 12.3 Å². The first-order valence-electron chi connectivity index (χ1n) is 5.84. The van der Waals surface area contributed by atoms with Crippen molar-refractivity contribution in [3.8, 4) is 12.3 Å². The maximum atomic E-state index is 5.86. The lowest BCUT2D eigenvalue weighted by molar-refractivity contribution is 0.478. The number of hydrogen-bond acceptors (Lipinski definition) is 1. The molecule has 0 bridgehead atoms. The highest BCUT2D eigenvalue weighted by atomic mass is 127. The van der Waals surface area contributed by atoms with E-state index in [0.29, 0.717) is 6.54 Å². The van der Waals surface area contributed by atoms with Crippen LogP contribution in [-0.2, 0) is 6.54 Å². The van der Waals surface area contributed by atoms with Gasteiger partial charge in [-0.05, 0) is 24.6 Å². The maximum absolute atomic E-state index is 5.86. The third-order valence-electron chi connectivity index (χ3n) is 2.35. The molecule has 0 fully saturated rings. The van der Waals surface area contributed by atoms with Gasteiger partial charge in [0, 0.05) is 25.2 Å². The van der Waals surface area contributed by atoms with E-state index in [9.17, 15) is 0 Å². The van der Waals surface area contributed by atoms with Gasteiger partial charge in [0.1, 0.15) is 6.54 Å². The lowest BCUT2D eigenvalue weighted by Crippen LogP contribution is -2.38. The Kier molecular flexibility index (Phi) is 9.44. The molecule has 0 amide bonds. The van der Waals surface area contributed by atoms with E-state index < -0.39 is 0 Å². The minimum absolute atomic E-state index is 0. The summed E-state index contributed by atoms with van der Waals surface area (Å²) in [6.45, 7) is 3.98. The molecule has 5 heteroatoms. The van der Waals surface area contributed by atoms with E-state index in [0.717, 1.165) is 24.1 Å². The Morgan fingerprint density at radius 3 is 2.58 bits per heavy atom. The summed E-state index contributed by atoms with van der Waals surface area (Å²) in [6, 6.07) is 7.78. The topological polar surface area (TPSA) is 27.6 Å². The summed E-state index contributed by atoms with van der Waals surface area (Å²) >= 11 is 5.86. The summed E-state index contributed by atoms with van der Waals surface area (Å²) in [5.74, 6) is 3.32. The number of nitrogens with one attached hydrogen (secondary N) is 1. The minimum Gasteiger partial charge on any atom is -0.356 e. The molecule has 1 N–H and O–H groups in total. The van der Waals surface area contributed by atoms with E-state index in [-0.39, 0.29) is 24.0 Å². The Morgan fingerprint density at radius 2 is 2.05 bits per heavy atom. The second kappa shape index (κ2) is 9.93. The molecule has 1 rings (SSSR count). The van der Waals surface area contributed by atoms with Crippen LogP contribution in [0.3, 0.4) is 0 Å². The molecule has 0 aliphatic heterocycles. The number of benzene rings is 1. The summed E-state index contributed by atoms with van der Waals surface area (Å²) in [7, 11) is 1.98. The van der Waals surface area contributed by atoms with Crippen molar-refractivity contribution in [2.24, 2.45) is 4.99 Å². The highest BCUT2D eigenvalue weighted by Crippen LogP contribution is 2.10. The van der Waals surface area contributed by atoms with Gasteiger partial charge in [-0.25, -0.2) is 4.99 Å². The first-order valence-corrected chi connectivity index (χ1v) is 6.22. The SMILES string of the molecule is C#CCN=C(NCC)N(C)Cc1ccc(Cl)cc1.I. The lowest BCUT2D eigenvalue weighted by Gasteiger charge is -2.21. The predicted molar refractivity (Wildman–Crippen MR) is 93.1 cm³/mol. The molecule has 0 spiro atoms. The minimum atomic E-state index is 0. The number of rotatable bonds is 4. The average molecular weight is 392 g/mol. The predicted octanol–water partition coefficient (Wildman–Crippen LogP) is 2.99. The molecule has 1 aromatic carbocycles. The molecular formula is C14H19ClIN3. The van der Waals surface area contributed by atoms with Crippen molar-refractivity contribution in [3.63, 3.8) is 0 Å². The molecule has 0 aliphatic rings. The van der Waals surface area contributed by atoms with Crippen LogP contribution in [0.2, 0.25) is 5.02 Å². The third kappa shape index (κ3) is 6.69. The second-order valence-corrected chi connectivity index (χ2v) is 4.29. The van der Waals surface area contributed by atoms with Crippen LogP contribution in [-0.4, -0.2) is 31.0 Å². The number of guanidine groups is 1. The van der Waals surface area contributed by atoms with Crippen LogP contribution >= 0.6 is 35.6 Å². The Hall–Kier alpha value is -0.930. The molecule has 0 aromatic heterocycles. The van der Waals surface area contributed by atoms with E-state index in [1.807, 2.05) is 43.1 Å². The third-order valence-corrected chi connectivity index (χ3v) is 2.60. The highest BCUT2D eigenvalue weighted by Gasteiger charge is 2.05. The van der Waals surface area contributed by atoms with E-state index in [1.54, 1.807) is 0 Å². The van der Waals surface area contributed by atoms with Crippen LogP contribution in [0.1, 0.15) is 12.5 Å². The zero-order chi connectivity index (χ0) is 13.4. The zero-order valence-electron chi connectivity index (χ0n) is 11.2. The van der Waals surface area contributed by atoms with Crippen LogP contribution in [0.15, 0.2) is 29.3 Å². The highest BCUT2D eigenvalue weighted by molar-refractivity contribution is 14.0. The Bertz CT molecular complexity index is 437. The van der Waals surface area contributed by atoms with Gasteiger partial charge in [0.25, 0.3) is 0 Å². The van der Waals surface area contributed by atoms with Crippen LogP contribution in [0.5, 0.6) is 0 Å². The number of hydrogen-bond donors (Lipinski definition) is 1. The molecular weight excluding hydrogens is 373 g/mol. The molecule has 19 heavy (non-hydrogen) atoms. The van der Waals surface area contributed by atoms with Crippen molar-refractivity contribution < 1.29 is 0 Å². The zero-order valence-corrected chi connectivity index (χ0v) is 14.3. The maximum Gasteiger partial charge on any atom is 0.194 e. The Labute approximate surface area is 137 Å². The van der Waals surface area contributed by atoms with Crippen molar-refractivity contribution in [2.75, 3.05) is 20.1 Å². The average Bonchev–Trinajstić information content (AvgIpc) is 2.37. The summed E-state index contributed by atoms with van der Waals surface area (Å²) in [4.78, 5) is 6.35. The van der Waals surface area contributed by atoms with Gasteiger partial charge in [0.05, 0.1) is 0 Å². The van der Waals surface area contributed by atoms with Gasteiger partial charge >= 0.3 is 0 Å². The Balaban J connectivity index is 0.00000324. The quantitative estimate of drug-likeness (QED) is 0.370. The molecule has 0 heterocycles. The standard InChI is InChI=1S/C14H18ClN3.HI/c1-4-10-17-14(16-5-2)18(3)11-12-6-8-13(15)9-7-12;/h1,6-9H,5,10-11H2,2-3H3,(H,16,17);1H. The van der Waals surface area contributed by atoms with Gasteiger partial charge < -0.3 is 10.2 Å². The molecule has 104 valence electrons. The van der Waals surface area contributed by atoms with Crippen LogP contribution in [0.25, 0.3) is 0 Å². The van der Waals surface area contributed by atoms with Crippen molar-refractivity contribution >= 4 is 41.5 Å². The van der Waals surface area contributed by atoms with Gasteiger partial charge in [0.15, 0.2) is 5.96 Å². The van der Waals surface area contributed by atoms with Crippen molar-refractivity contribution in [1.29, 1.82) is 0 Å². The first-order chi connectivity index (χ1) is 8.67. The largest absolute Gasteiger partial charge is 0.356 e. The van der Waals surface area contributed by atoms with Crippen LogP contribution in [0.4, 0.5) is 0 Å². The lowest BCUT2D eigenvalue weighted by atomic mass is 10.2. The number of aliphatic imine (C=N–C) groups is 1. The van der Waals surface area contributed by atoms with Gasteiger partial charge in [-0.15, -0.1) is 30.4 Å². The normalized spacial score (nSPS) is 10.3. The fourth-order valence-corrected chi connectivity index (χ4v) is 1.65. The molecule has 3 nitrogen and oxygen atoms in total. The van der Waals surface area contributed by atoms with Crippen molar-refractivity contribution in [2.45, 2.75) is 13.5 Å². The molecule has 1 aromatic rings. The Morgan fingerprint density at radius 1 is 1.42 bits per heavy atom. The second-order valence-electron chi connectivity index (χ2n) is 3.86. The van der Waals surface area contributed by atoms with Gasteiger partial charge in [-0.1, -0.05) is 29.7 Å². The fraction of sp³-hybridized carbons (Fsp3) is 0.357. The van der Waals surface area contributed by atoms with Gasteiger partial charge in [-0.2, -0.15) is 0 Å². The summed E-state index contributed by atoms with van der Waals surface area (Å²) < 4.78 is 0. The van der Waals surface area contributed by atoms with Crippen molar-refractivity contribution in [1.82, 2.24) is 10.2 Å². The van der Waals surface area contributed by atoms with Gasteiger partial charge in [-0.3, -0.25) is 0 Å². The van der Waals surface area contributed by atoms with Crippen molar-refractivity contribution in [3.05, 3.63) is 34.9 Å². The summed E-state index contributed by atoms with van der Waals surface area (Å²) in [5.41, 5.74) is 1.17. The van der Waals surface area contributed by atoms with E-state index >= 15 is 0 Å². The number of nitrogens with zero attached hydrogens (tertiary/aromatic N) is 2. The summed E-state index contributed by atoms with van der Waals surface area (Å²) in [6.07, 6.45) is 5.22. The molecule has 0 unspecified atom stereocenters. The molecule has 0 aliphatic carbocycles. The van der Waals surface area contributed by atoms with Crippen LogP contribution < -0.4 is 5.32 Å². The number of terminal acetylenes is 1. The van der Waals surface area contributed by atoms with Gasteiger partial charge in [0.2, 0.25) is 0 Å². The fourth-order valence-electron chi connectivity index (χ4n) is 1.53. The van der Waals surface area contributed by atoms with E-state index in [1.165, 1.54) is 5.56 Å². The number of halogens is 2. The molecule has 0 saturated carbocycles.